The summed E-state index contributed by atoms with van der Waals surface area (Å²) in [5.74, 6) is 1.19. The van der Waals surface area contributed by atoms with Gasteiger partial charge in [0.2, 0.25) is 10.0 Å². The number of hydrogen-bond acceptors (Lipinski definition) is 4. The van der Waals surface area contributed by atoms with Gasteiger partial charge in [0, 0.05) is 18.7 Å². The van der Waals surface area contributed by atoms with Gasteiger partial charge in [-0.2, -0.15) is 4.31 Å². The summed E-state index contributed by atoms with van der Waals surface area (Å²) < 4.78 is 39.9. The van der Waals surface area contributed by atoms with Crippen molar-refractivity contribution in [3.05, 3.63) is 88.4 Å². The summed E-state index contributed by atoms with van der Waals surface area (Å²) in [6.45, 7) is 0.374. The van der Waals surface area contributed by atoms with Gasteiger partial charge in [-0.1, -0.05) is 48.5 Å². The molecule has 0 aliphatic carbocycles. The number of hydrogen-bond donors (Lipinski definition) is 0. The van der Waals surface area contributed by atoms with E-state index in [9.17, 15) is 8.42 Å². The molecule has 29 heavy (non-hydrogen) atoms. The van der Waals surface area contributed by atoms with Crippen LogP contribution in [0.2, 0.25) is 0 Å². The van der Waals surface area contributed by atoms with E-state index in [1.165, 1.54) is 4.31 Å². The molecule has 0 radical (unpaired) electrons. The maximum atomic E-state index is 13.4. The molecule has 0 atom stereocenters. The normalized spacial score (nSPS) is 11.4. The molecule has 5 nitrogen and oxygen atoms in total. The van der Waals surface area contributed by atoms with Crippen LogP contribution >= 0.6 is 15.9 Å². The van der Waals surface area contributed by atoms with Crippen molar-refractivity contribution in [1.29, 1.82) is 0 Å². The molecule has 3 aromatic carbocycles. The maximum Gasteiger partial charge on any atom is 0.243 e. The van der Waals surface area contributed by atoms with Gasteiger partial charge >= 0.3 is 0 Å². The first-order chi connectivity index (χ1) is 14.0. The van der Waals surface area contributed by atoms with Gasteiger partial charge in [-0.25, -0.2) is 8.42 Å². The molecule has 3 rings (SSSR count). The van der Waals surface area contributed by atoms with E-state index in [1.807, 2.05) is 30.3 Å². The fraction of sp³-hybridized carbons (Fsp3) is 0.182. The first kappa shape index (κ1) is 21.4. The van der Waals surface area contributed by atoms with E-state index in [1.54, 1.807) is 56.7 Å². The second-order valence-corrected chi connectivity index (χ2v) is 9.16. The molecule has 0 aliphatic rings. The third-order valence-electron chi connectivity index (χ3n) is 4.48. The van der Waals surface area contributed by atoms with Gasteiger partial charge in [-0.15, -0.1) is 0 Å². The third kappa shape index (κ3) is 4.98. The van der Waals surface area contributed by atoms with Crippen LogP contribution in [0.25, 0.3) is 0 Å². The zero-order chi connectivity index (χ0) is 20.9. The van der Waals surface area contributed by atoms with E-state index in [0.29, 0.717) is 17.1 Å². The van der Waals surface area contributed by atoms with E-state index >= 15 is 0 Å². The number of halogens is 1. The standard InChI is InChI=1S/C22H22BrNO4S/c1-27-21-14-20(23)22(28-2)13-18(21)16-24(15-17-9-5-3-6-10-17)29(25,26)19-11-7-4-8-12-19/h3-14H,15-16H2,1-2H3. The van der Waals surface area contributed by atoms with Gasteiger partial charge in [0.15, 0.2) is 0 Å². The molecular weight excluding hydrogens is 454 g/mol. The summed E-state index contributed by atoms with van der Waals surface area (Å²) in [6.07, 6.45) is 0. The monoisotopic (exact) mass is 475 g/mol. The number of nitrogens with zero attached hydrogens (tertiary/aromatic N) is 1. The van der Waals surface area contributed by atoms with Gasteiger partial charge < -0.3 is 9.47 Å². The lowest BCUT2D eigenvalue weighted by molar-refractivity contribution is 0.370. The third-order valence-corrected chi connectivity index (χ3v) is 6.91. The Morgan fingerprint density at radius 2 is 1.41 bits per heavy atom. The van der Waals surface area contributed by atoms with Crippen LogP contribution in [0.5, 0.6) is 11.5 Å². The number of ether oxygens (including phenoxy) is 2. The summed E-state index contributed by atoms with van der Waals surface area (Å²) >= 11 is 3.44. The second-order valence-electron chi connectivity index (χ2n) is 6.37. The largest absolute Gasteiger partial charge is 0.496 e. The molecule has 0 N–H and O–H groups in total. The molecule has 0 spiro atoms. The number of sulfonamides is 1. The maximum absolute atomic E-state index is 13.4. The van der Waals surface area contributed by atoms with Crippen LogP contribution in [0, 0.1) is 0 Å². The van der Waals surface area contributed by atoms with E-state index in [2.05, 4.69) is 15.9 Å². The van der Waals surface area contributed by atoms with Gasteiger partial charge in [0.25, 0.3) is 0 Å². The zero-order valence-electron chi connectivity index (χ0n) is 16.2. The van der Waals surface area contributed by atoms with Crippen LogP contribution in [0.3, 0.4) is 0 Å². The van der Waals surface area contributed by atoms with E-state index in [4.69, 9.17) is 9.47 Å². The quantitative estimate of drug-likeness (QED) is 0.466. The molecule has 0 aliphatic heterocycles. The fourth-order valence-electron chi connectivity index (χ4n) is 2.99. The Morgan fingerprint density at radius 1 is 0.828 bits per heavy atom. The van der Waals surface area contributed by atoms with Gasteiger partial charge in [-0.05, 0) is 45.8 Å². The first-order valence-electron chi connectivity index (χ1n) is 8.95. The van der Waals surface area contributed by atoms with E-state index < -0.39 is 10.0 Å². The van der Waals surface area contributed by atoms with Crippen molar-refractivity contribution in [3.63, 3.8) is 0 Å². The minimum absolute atomic E-state index is 0.138. The highest BCUT2D eigenvalue weighted by Crippen LogP contribution is 2.34. The van der Waals surface area contributed by atoms with Crippen molar-refractivity contribution in [2.24, 2.45) is 0 Å². The molecule has 0 saturated heterocycles. The Morgan fingerprint density at radius 3 is 2.00 bits per heavy atom. The highest BCUT2D eigenvalue weighted by Gasteiger charge is 2.26. The zero-order valence-corrected chi connectivity index (χ0v) is 18.6. The van der Waals surface area contributed by atoms with E-state index in [0.717, 1.165) is 10.0 Å². The molecule has 0 amide bonds. The minimum atomic E-state index is -3.73. The lowest BCUT2D eigenvalue weighted by Gasteiger charge is -2.24. The summed E-state index contributed by atoms with van der Waals surface area (Å²) in [5.41, 5.74) is 1.61. The molecular formula is C22H22BrNO4S. The summed E-state index contributed by atoms with van der Waals surface area (Å²) in [5, 5.41) is 0. The highest BCUT2D eigenvalue weighted by atomic mass is 79.9. The van der Waals surface area contributed by atoms with Crippen LogP contribution in [0.15, 0.2) is 82.2 Å². The van der Waals surface area contributed by atoms with Crippen molar-refractivity contribution in [1.82, 2.24) is 4.31 Å². The molecule has 0 saturated carbocycles. The molecule has 0 heterocycles. The van der Waals surface area contributed by atoms with Gasteiger partial charge in [0.1, 0.15) is 11.5 Å². The van der Waals surface area contributed by atoms with Crippen LogP contribution in [-0.4, -0.2) is 26.9 Å². The van der Waals surface area contributed by atoms with Crippen molar-refractivity contribution >= 4 is 26.0 Å². The van der Waals surface area contributed by atoms with Crippen molar-refractivity contribution < 1.29 is 17.9 Å². The molecule has 0 bridgehead atoms. The smallest absolute Gasteiger partial charge is 0.243 e. The van der Waals surface area contributed by atoms with Crippen LogP contribution < -0.4 is 9.47 Å². The average molecular weight is 476 g/mol. The Bertz CT molecular complexity index is 1060. The minimum Gasteiger partial charge on any atom is -0.496 e. The lowest BCUT2D eigenvalue weighted by atomic mass is 10.1. The van der Waals surface area contributed by atoms with Gasteiger partial charge in [0.05, 0.1) is 23.6 Å². The average Bonchev–Trinajstić information content (AvgIpc) is 2.75. The molecule has 3 aromatic rings. The van der Waals surface area contributed by atoms with Crippen molar-refractivity contribution in [2.75, 3.05) is 14.2 Å². The second kappa shape index (κ2) is 9.43. The predicted octanol–water partition coefficient (Wildman–Crippen LogP) is 4.86. The van der Waals surface area contributed by atoms with Crippen LogP contribution in [0.1, 0.15) is 11.1 Å². The van der Waals surface area contributed by atoms with Crippen LogP contribution in [-0.2, 0) is 23.1 Å². The molecule has 0 unspecified atom stereocenters. The Hall–Kier alpha value is -2.35. The molecule has 0 aromatic heterocycles. The predicted molar refractivity (Wildman–Crippen MR) is 117 cm³/mol. The highest BCUT2D eigenvalue weighted by molar-refractivity contribution is 9.10. The Balaban J connectivity index is 2.05. The number of benzene rings is 3. The summed E-state index contributed by atoms with van der Waals surface area (Å²) in [4.78, 5) is 0.249. The Labute approximate surface area is 180 Å². The van der Waals surface area contributed by atoms with Gasteiger partial charge in [-0.3, -0.25) is 0 Å². The van der Waals surface area contributed by atoms with Crippen molar-refractivity contribution in [2.45, 2.75) is 18.0 Å². The lowest BCUT2D eigenvalue weighted by Crippen LogP contribution is -2.30. The van der Waals surface area contributed by atoms with E-state index in [-0.39, 0.29) is 18.0 Å². The topological polar surface area (TPSA) is 55.8 Å². The molecule has 152 valence electrons. The molecule has 0 fully saturated rings. The first-order valence-corrected chi connectivity index (χ1v) is 11.2. The summed E-state index contributed by atoms with van der Waals surface area (Å²) in [6, 6.07) is 21.5. The fourth-order valence-corrected chi connectivity index (χ4v) is 4.90. The van der Waals surface area contributed by atoms with Crippen molar-refractivity contribution in [3.8, 4) is 11.5 Å². The SMILES string of the molecule is COc1cc(CN(Cc2ccccc2)S(=O)(=O)c2ccccc2)c(OC)cc1Br. The summed E-state index contributed by atoms with van der Waals surface area (Å²) in [7, 11) is -0.598. The molecule has 7 heteroatoms. The van der Waals surface area contributed by atoms with Crippen LogP contribution in [0.4, 0.5) is 0 Å². The number of rotatable bonds is 8. The Kier molecular flexibility index (Phi) is 6.95. The number of methoxy groups -OCH3 is 2.